The lowest BCUT2D eigenvalue weighted by Crippen LogP contribution is -2.14. The van der Waals surface area contributed by atoms with Crippen LogP contribution in [0.1, 0.15) is 25.0 Å². The summed E-state index contributed by atoms with van der Waals surface area (Å²) >= 11 is 1.86. The molecule has 166 valence electrons. The van der Waals surface area contributed by atoms with Gasteiger partial charge in [0, 0.05) is 36.4 Å². The molecule has 0 radical (unpaired) electrons. The Hall–Kier alpha value is -3.88. The predicted molar refractivity (Wildman–Crippen MR) is 150 cm³/mol. The maximum absolute atomic E-state index is 6.38. The second-order valence-electron chi connectivity index (χ2n) is 10.2. The van der Waals surface area contributed by atoms with E-state index in [4.69, 9.17) is 4.42 Å². The zero-order chi connectivity index (χ0) is 23.3. The number of hydrogen-bond donors (Lipinski definition) is 0. The summed E-state index contributed by atoms with van der Waals surface area (Å²) in [7, 11) is 0. The molecule has 0 saturated heterocycles. The topological polar surface area (TPSA) is 13.1 Å². The van der Waals surface area contributed by atoms with Crippen molar-refractivity contribution in [2.24, 2.45) is 0 Å². The standard InChI is InChI=1S/C33H22OS/c1-33(2)27-9-5-3-7-21(27)23-17-25-24-15-19(11-13-29(24)34-30(25)18-28(23)33)20-12-14-32-26(16-20)22-8-4-6-10-31(22)35-32/h3-18H,1-2H3. The third-order valence-electron chi connectivity index (χ3n) is 7.88. The van der Waals surface area contributed by atoms with Crippen LogP contribution in [0.2, 0.25) is 0 Å². The highest BCUT2D eigenvalue weighted by Gasteiger charge is 2.35. The summed E-state index contributed by atoms with van der Waals surface area (Å²) in [6, 6.07) is 35.6. The van der Waals surface area contributed by atoms with Gasteiger partial charge in [-0.25, -0.2) is 0 Å². The Morgan fingerprint density at radius 2 is 1.26 bits per heavy atom. The minimum atomic E-state index is -0.0248. The van der Waals surface area contributed by atoms with Crippen LogP contribution < -0.4 is 0 Å². The van der Waals surface area contributed by atoms with Crippen LogP contribution in [0.3, 0.4) is 0 Å². The summed E-state index contributed by atoms with van der Waals surface area (Å²) in [6.07, 6.45) is 0. The Balaban J connectivity index is 1.35. The number of furan rings is 1. The zero-order valence-corrected chi connectivity index (χ0v) is 20.4. The molecule has 1 aliphatic carbocycles. The van der Waals surface area contributed by atoms with Gasteiger partial charge < -0.3 is 4.42 Å². The van der Waals surface area contributed by atoms with Crippen molar-refractivity contribution in [2.75, 3.05) is 0 Å². The number of benzene rings is 5. The fourth-order valence-electron chi connectivity index (χ4n) is 6.06. The summed E-state index contributed by atoms with van der Waals surface area (Å²) < 4.78 is 9.05. The highest BCUT2D eigenvalue weighted by Crippen LogP contribution is 2.50. The van der Waals surface area contributed by atoms with Gasteiger partial charge in [0.05, 0.1) is 0 Å². The minimum absolute atomic E-state index is 0.0248. The van der Waals surface area contributed by atoms with Gasteiger partial charge in [-0.2, -0.15) is 0 Å². The normalized spacial score (nSPS) is 14.2. The van der Waals surface area contributed by atoms with Crippen LogP contribution in [0.4, 0.5) is 0 Å². The molecule has 2 heteroatoms. The summed E-state index contributed by atoms with van der Waals surface area (Å²) in [5.74, 6) is 0. The molecule has 5 aromatic carbocycles. The highest BCUT2D eigenvalue weighted by molar-refractivity contribution is 7.25. The molecule has 0 amide bonds. The van der Waals surface area contributed by atoms with Crippen molar-refractivity contribution in [1.82, 2.24) is 0 Å². The Labute approximate surface area is 207 Å². The lowest BCUT2D eigenvalue weighted by atomic mass is 9.82. The molecule has 7 aromatic rings. The molecule has 0 saturated carbocycles. The molecule has 0 N–H and O–H groups in total. The average Bonchev–Trinajstić information content (AvgIpc) is 3.51. The minimum Gasteiger partial charge on any atom is -0.456 e. The molecule has 35 heavy (non-hydrogen) atoms. The van der Waals surface area contributed by atoms with E-state index in [1.165, 1.54) is 64.3 Å². The fraction of sp³-hybridized carbons (Fsp3) is 0.0909. The van der Waals surface area contributed by atoms with Crippen molar-refractivity contribution >= 4 is 53.4 Å². The molecule has 0 fully saturated rings. The third kappa shape index (κ3) is 2.58. The smallest absolute Gasteiger partial charge is 0.135 e. The van der Waals surface area contributed by atoms with E-state index in [9.17, 15) is 0 Å². The molecular formula is C33H22OS. The molecule has 0 unspecified atom stereocenters. The van der Waals surface area contributed by atoms with Crippen molar-refractivity contribution in [2.45, 2.75) is 19.3 Å². The van der Waals surface area contributed by atoms with E-state index >= 15 is 0 Å². The van der Waals surface area contributed by atoms with Gasteiger partial charge in [0.1, 0.15) is 11.2 Å². The average molecular weight is 467 g/mol. The second-order valence-corrected chi connectivity index (χ2v) is 11.3. The summed E-state index contributed by atoms with van der Waals surface area (Å²) in [5, 5.41) is 5.03. The Morgan fingerprint density at radius 3 is 2.17 bits per heavy atom. The van der Waals surface area contributed by atoms with Crippen molar-refractivity contribution in [3.8, 4) is 22.3 Å². The van der Waals surface area contributed by atoms with Crippen LogP contribution in [0.15, 0.2) is 101 Å². The summed E-state index contributed by atoms with van der Waals surface area (Å²) in [5.41, 5.74) is 9.76. The largest absolute Gasteiger partial charge is 0.456 e. The third-order valence-corrected chi connectivity index (χ3v) is 9.04. The Bertz CT molecular complexity index is 1980. The summed E-state index contributed by atoms with van der Waals surface area (Å²) in [6.45, 7) is 4.63. The van der Waals surface area contributed by atoms with Crippen molar-refractivity contribution in [1.29, 1.82) is 0 Å². The number of hydrogen-bond acceptors (Lipinski definition) is 2. The first-order valence-corrected chi connectivity index (χ1v) is 12.9. The zero-order valence-electron chi connectivity index (χ0n) is 19.6. The van der Waals surface area contributed by atoms with E-state index in [-0.39, 0.29) is 5.41 Å². The first-order chi connectivity index (χ1) is 17.1. The van der Waals surface area contributed by atoms with Crippen molar-refractivity contribution < 1.29 is 4.42 Å². The van der Waals surface area contributed by atoms with Crippen LogP contribution in [0, 0.1) is 0 Å². The number of rotatable bonds is 1. The van der Waals surface area contributed by atoms with E-state index < -0.39 is 0 Å². The van der Waals surface area contributed by atoms with Crippen LogP contribution in [-0.2, 0) is 5.41 Å². The molecule has 1 aliphatic rings. The van der Waals surface area contributed by atoms with Crippen molar-refractivity contribution in [3.63, 3.8) is 0 Å². The first kappa shape index (κ1) is 19.4. The van der Waals surface area contributed by atoms with E-state index in [0.717, 1.165) is 11.2 Å². The van der Waals surface area contributed by atoms with Crippen molar-refractivity contribution in [3.05, 3.63) is 108 Å². The molecule has 1 nitrogen and oxygen atoms in total. The van der Waals surface area contributed by atoms with Gasteiger partial charge in [-0.1, -0.05) is 68.4 Å². The predicted octanol–water partition coefficient (Wildman–Crippen LogP) is 9.93. The first-order valence-electron chi connectivity index (χ1n) is 12.1. The van der Waals surface area contributed by atoms with Gasteiger partial charge in [0.25, 0.3) is 0 Å². The monoisotopic (exact) mass is 466 g/mol. The fourth-order valence-corrected chi connectivity index (χ4v) is 7.14. The van der Waals surface area contributed by atoms with Crippen LogP contribution in [0.25, 0.3) is 64.4 Å². The van der Waals surface area contributed by atoms with Crippen LogP contribution in [0.5, 0.6) is 0 Å². The van der Waals surface area contributed by atoms with Crippen LogP contribution in [-0.4, -0.2) is 0 Å². The summed E-state index contributed by atoms with van der Waals surface area (Å²) in [4.78, 5) is 0. The van der Waals surface area contributed by atoms with E-state index in [1.807, 2.05) is 11.3 Å². The molecular weight excluding hydrogens is 444 g/mol. The van der Waals surface area contributed by atoms with Gasteiger partial charge in [-0.15, -0.1) is 11.3 Å². The number of fused-ring (bicyclic) bond motifs is 9. The molecule has 0 bridgehead atoms. The van der Waals surface area contributed by atoms with E-state index in [2.05, 4.69) is 111 Å². The van der Waals surface area contributed by atoms with Gasteiger partial charge >= 0.3 is 0 Å². The second kappa shape index (κ2) is 6.62. The van der Waals surface area contributed by atoms with Gasteiger partial charge in [-0.05, 0) is 75.8 Å². The molecule has 2 aromatic heterocycles. The molecule has 8 rings (SSSR count). The maximum Gasteiger partial charge on any atom is 0.135 e. The maximum atomic E-state index is 6.38. The molecule has 0 aliphatic heterocycles. The van der Waals surface area contributed by atoms with Gasteiger partial charge in [-0.3, -0.25) is 0 Å². The van der Waals surface area contributed by atoms with E-state index in [1.54, 1.807) is 0 Å². The van der Waals surface area contributed by atoms with E-state index in [0.29, 0.717) is 0 Å². The lowest BCUT2D eigenvalue weighted by molar-refractivity contribution is 0.647. The Kier molecular flexibility index (Phi) is 3.67. The SMILES string of the molecule is CC1(C)c2ccccc2-c2cc3c(cc21)oc1ccc(-c2ccc4sc5ccccc5c4c2)cc13. The molecule has 0 spiro atoms. The number of thiophene rings is 1. The molecule has 0 atom stereocenters. The van der Waals surface area contributed by atoms with Gasteiger partial charge in [0.2, 0.25) is 0 Å². The Morgan fingerprint density at radius 1 is 0.543 bits per heavy atom. The quantitative estimate of drug-likeness (QED) is 0.235. The van der Waals surface area contributed by atoms with Crippen LogP contribution >= 0.6 is 11.3 Å². The molecule has 2 heterocycles. The van der Waals surface area contributed by atoms with Gasteiger partial charge in [0.15, 0.2) is 0 Å². The highest BCUT2D eigenvalue weighted by atomic mass is 32.1. The lowest BCUT2D eigenvalue weighted by Gasteiger charge is -2.21.